The molecule has 1 aromatic carbocycles. The number of aliphatic carboxylic acids is 1. The van der Waals surface area contributed by atoms with Gasteiger partial charge in [-0.15, -0.1) is 23.7 Å². The van der Waals surface area contributed by atoms with Crippen LogP contribution in [0.5, 0.6) is 0 Å². The van der Waals surface area contributed by atoms with E-state index < -0.39 is 5.97 Å². The van der Waals surface area contributed by atoms with Gasteiger partial charge in [-0.25, -0.2) is 4.98 Å². The average Bonchev–Trinajstić information content (AvgIpc) is 3.26. The molecule has 1 heterocycles. The largest absolute Gasteiger partial charge is 0.481 e. The van der Waals surface area contributed by atoms with Crippen LogP contribution in [0.3, 0.4) is 0 Å². The summed E-state index contributed by atoms with van der Waals surface area (Å²) in [6.07, 6.45) is 5.97. The van der Waals surface area contributed by atoms with E-state index in [2.05, 4.69) is 49.9 Å². The van der Waals surface area contributed by atoms with Crippen molar-refractivity contribution in [1.82, 2.24) is 4.98 Å². The van der Waals surface area contributed by atoms with Crippen LogP contribution >= 0.6 is 23.7 Å². The lowest BCUT2D eigenvalue weighted by Gasteiger charge is -2.28. The number of rotatable bonds is 8. The Bertz CT molecular complexity index is 767. The van der Waals surface area contributed by atoms with Gasteiger partial charge in [-0.3, -0.25) is 4.79 Å². The number of anilines is 1. The number of carbonyl (C=O) groups is 1. The van der Waals surface area contributed by atoms with Gasteiger partial charge in [0.25, 0.3) is 0 Å². The minimum atomic E-state index is -0.743. The van der Waals surface area contributed by atoms with Crippen LogP contribution in [0, 0.1) is 12.8 Å². The van der Waals surface area contributed by atoms with Crippen LogP contribution in [0.2, 0.25) is 0 Å². The summed E-state index contributed by atoms with van der Waals surface area (Å²) in [5, 5.41) is 10.1. The molecule has 4 nitrogen and oxygen atoms in total. The number of benzene rings is 1. The third-order valence-electron chi connectivity index (χ3n) is 5.23. The number of hydrogen-bond donors (Lipinski definition) is 1. The van der Waals surface area contributed by atoms with E-state index >= 15 is 0 Å². The molecular formula is C22H31ClN2O2S. The van der Waals surface area contributed by atoms with E-state index in [9.17, 15) is 4.79 Å². The summed E-state index contributed by atoms with van der Waals surface area (Å²) in [6, 6.07) is 9.16. The SMILES string of the molecule is Cc1sc(N(CCC(=O)O)C2CCCC2)nc1-c1ccc(CC(C)C)cc1.Cl. The van der Waals surface area contributed by atoms with Crippen LogP contribution in [0.4, 0.5) is 5.13 Å². The van der Waals surface area contributed by atoms with Crippen molar-refractivity contribution in [3.05, 3.63) is 34.7 Å². The Hall–Kier alpha value is -1.59. The van der Waals surface area contributed by atoms with Gasteiger partial charge in [0.05, 0.1) is 12.1 Å². The first kappa shape index (κ1) is 22.7. The molecule has 0 radical (unpaired) electrons. The second kappa shape index (κ2) is 10.3. The lowest BCUT2D eigenvalue weighted by Crippen LogP contribution is -2.35. The molecule has 1 saturated carbocycles. The topological polar surface area (TPSA) is 53.4 Å². The zero-order valence-corrected chi connectivity index (χ0v) is 18.6. The standard InChI is InChI=1S/C22H30N2O2S.ClH/c1-15(2)14-17-8-10-18(11-9-17)21-16(3)27-22(23-21)24(13-12-20(25)26)19-6-4-5-7-19;/h8-11,15,19H,4-7,12-14H2,1-3H3,(H,25,26);1H. The molecule has 0 atom stereocenters. The summed E-state index contributed by atoms with van der Waals surface area (Å²) < 4.78 is 0. The third kappa shape index (κ3) is 5.71. The van der Waals surface area contributed by atoms with E-state index in [1.165, 1.54) is 23.3 Å². The van der Waals surface area contributed by atoms with Crippen LogP contribution in [-0.2, 0) is 11.2 Å². The van der Waals surface area contributed by atoms with Crippen molar-refractivity contribution in [1.29, 1.82) is 0 Å². The smallest absolute Gasteiger partial charge is 0.305 e. The third-order valence-corrected chi connectivity index (χ3v) is 6.24. The van der Waals surface area contributed by atoms with Crippen molar-refractivity contribution in [2.75, 3.05) is 11.4 Å². The number of aromatic nitrogens is 1. The van der Waals surface area contributed by atoms with Crippen molar-refractivity contribution in [3.8, 4) is 11.3 Å². The summed E-state index contributed by atoms with van der Waals surface area (Å²) in [5.74, 6) is -0.0927. The summed E-state index contributed by atoms with van der Waals surface area (Å²) in [7, 11) is 0. The zero-order chi connectivity index (χ0) is 19.4. The van der Waals surface area contributed by atoms with E-state index in [1.807, 2.05) is 0 Å². The summed E-state index contributed by atoms with van der Waals surface area (Å²) in [5.41, 5.74) is 3.53. The number of hydrogen-bond acceptors (Lipinski definition) is 4. The van der Waals surface area contributed by atoms with Crippen molar-refractivity contribution in [2.45, 2.75) is 65.3 Å². The molecule has 1 fully saturated rings. The van der Waals surface area contributed by atoms with E-state index in [0.29, 0.717) is 18.5 Å². The van der Waals surface area contributed by atoms with Crippen molar-refractivity contribution in [2.24, 2.45) is 5.92 Å². The van der Waals surface area contributed by atoms with E-state index in [0.717, 1.165) is 35.7 Å². The maximum absolute atomic E-state index is 11.1. The quantitative estimate of drug-likeness (QED) is 0.569. The van der Waals surface area contributed by atoms with Gasteiger partial charge in [0.15, 0.2) is 5.13 Å². The lowest BCUT2D eigenvalue weighted by atomic mass is 10.0. The highest BCUT2D eigenvalue weighted by molar-refractivity contribution is 7.16. The van der Waals surface area contributed by atoms with Crippen molar-refractivity contribution < 1.29 is 9.90 Å². The molecule has 6 heteroatoms. The van der Waals surface area contributed by atoms with Crippen molar-refractivity contribution in [3.63, 3.8) is 0 Å². The highest BCUT2D eigenvalue weighted by atomic mass is 35.5. The number of nitrogens with zero attached hydrogens (tertiary/aromatic N) is 2. The van der Waals surface area contributed by atoms with Crippen molar-refractivity contribution >= 4 is 34.8 Å². The number of aryl methyl sites for hydroxylation is 1. The Morgan fingerprint density at radius 1 is 1.25 bits per heavy atom. The summed E-state index contributed by atoms with van der Waals surface area (Å²) in [6.45, 7) is 7.13. The molecule has 0 unspecified atom stereocenters. The number of carboxylic acids is 1. The Labute approximate surface area is 178 Å². The molecule has 1 aliphatic rings. The Kier molecular flexibility index (Phi) is 8.32. The molecule has 0 bridgehead atoms. The highest BCUT2D eigenvalue weighted by Gasteiger charge is 2.26. The van der Waals surface area contributed by atoms with Gasteiger partial charge in [0.2, 0.25) is 0 Å². The van der Waals surface area contributed by atoms with Crippen LogP contribution < -0.4 is 4.90 Å². The Morgan fingerprint density at radius 2 is 1.89 bits per heavy atom. The second-order valence-electron chi connectivity index (χ2n) is 7.97. The second-order valence-corrected chi connectivity index (χ2v) is 9.15. The molecule has 154 valence electrons. The predicted octanol–water partition coefficient (Wildman–Crippen LogP) is 5.96. The van der Waals surface area contributed by atoms with Crippen LogP contribution in [0.1, 0.15) is 56.4 Å². The molecule has 3 rings (SSSR count). The predicted molar refractivity (Wildman–Crippen MR) is 120 cm³/mol. The normalized spacial score (nSPS) is 14.3. The van der Waals surface area contributed by atoms with E-state index in [4.69, 9.17) is 10.1 Å². The minimum absolute atomic E-state index is 0. The van der Waals surface area contributed by atoms with Crippen LogP contribution in [-0.4, -0.2) is 28.6 Å². The molecule has 1 aromatic heterocycles. The summed E-state index contributed by atoms with van der Waals surface area (Å²) >= 11 is 1.69. The Balaban J connectivity index is 0.00000280. The fourth-order valence-corrected chi connectivity index (χ4v) is 4.94. The monoisotopic (exact) mass is 422 g/mol. The maximum atomic E-state index is 11.1. The molecule has 0 amide bonds. The van der Waals surface area contributed by atoms with Gasteiger partial charge in [-0.05, 0) is 37.7 Å². The van der Waals surface area contributed by atoms with Gasteiger partial charge in [0, 0.05) is 23.0 Å². The first-order chi connectivity index (χ1) is 12.9. The number of thiazole rings is 1. The first-order valence-electron chi connectivity index (χ1n) is 9.99. The van der Waals surface area contributed by atoms with Gasteiger partial charge < -0.3 is 10.0 Å². The van der Waals surface area contributed by atoms with E-state index in [1.54, 1.807) is 11.3 Å². The lowest BCUT2D eigenvalue weighted by molar-refractivity contribution is -0.136. The average molecular weight is 423 g/mol. The maximum Gasteiger partial charge on any atom is 0.305 e. The molecule has 0 saturated heterocycles. The first-order valence-corrected chi connectivity index (χ1v) is 10.8. The fraction of sp³-hybridized carbons (Fsp3) is 0.545. The molecular weight excluding hydrogens is 392 g/mol. The fourth-order valence-electron chi connectivity index (χ4n) is 3.91. The van der Waals surface area contributed by atoms with Gasteiger partial charge in [-0.1, -0.05) is 51.0 Å². The van der Waals surface area contributed by atoms with Gasteiger partial charge in [0.1, 0.15) is 0 Å². The molecule has 1 N–H and O–H groups in total. The molecule has 1 aliphatic carbocycles. The van der Waals surface area contributed by atoms with Gasteiger partial charge in [-0.2, -0.15) is 0 Å². The molecule has 28 heavy (non-hydrogen) atoms. The molecule has 0 spiro atoms. The molecule has 2 aromatic rings. The summed E-state index contributed by atoms with van der Waals surface area (Å²) in [4.78, 5) is 19.5. The number of carboxylic acid groups (broad SMARTS) is 1. The number of halogens is 1. The van der Waals surface area contributed by atoms with Crippen LogP contribution in [0.25, 0.3) is 11.3 Å². The van der Waals surface area contributed by atoms with Gasteiger partial charge >= 0.3 is 5.97 Å². The van der Waals surface area contributed by atoms with E-state index in [-0.39, 0.29) is 18.8 Å². The minimum Gasteiger partial charge on any atom is -0.481 e. The van der Waals surface area contributed by atoms with Crippen LogP contribution in [0.15, 0.2) is 24.3 Å². The highest BCUT2D eigenvalue weighted by Crippen LogP contribution is 2.36. The molecule has 0 aliphatic heterocycles. The Morgan fingerprint density at radius 3 is 2.46 bits per heavy atom. The zero-order valence-electron chi connectivity index (χ0n) is 17.0.